The van der Waals surface area contributed by atoms with Crippen molar-refractivity contribution >= 4 is 5.91 Å². The fourth-order valence-electron chi connectivity index (χ4n) is 2.68. The zero-order valence-corrected chi connectivity index (χ0v) is 12.7. The highest BCUT2D eigenvalue weighted by atomic mass is 16.3. The van der Waals surface area contributed by atoms with Crippen molar-refractivity contribution in [2.24, 2.45) is 5.92 Å². The van der Waals surface area contributed by atoms with Gasteiger partial charge in [-0.15, -0.1) is 0 Å². The van der Waals surface area contributed by atoms with Gasteiger partial charge in [-0.3, -0.25) is 9.48 Å². The van der Waals surface area contributed by atoms with E-state index in [0.29, 0.717) is 24.2 Å². The summed E-state index contributed by atoms with van der Waals surface area (Å²) in [6.07, 6.45) is 5.80. The number of carbonyl (C=O) groups excluding carboxylic acids is 1. The van der Waals surface area contributed by atoms with Crippen LogP contribution in [0.4, 0.5) is 0 Å². The van der Waals surface area contributed by atoms with Crippen LogP contribution >= 0.6 is 0 Å². The molecule has 1 fully saturated rings. The van der Waals surface area contributed by atoms with Crippen molar-refractivity contribution in [2.75, 3.05) is 26.2 Å². The predicted octanol–water partition coefficient (Wildman–Crippen LogP) is 0.946. The van der Waals surface area contributed by atoms with E-state index in [9.17, 15) is 4.79 Å². The molecule has 21 heavy (non-hydrogen) atoms. The smallest absolute Gasteiger partial charge is 0.271 e. The molecule has 1 aliphatic rings. The van der Waals surface area contributed by atoms with Gasteiger partial charge in [-0.25, -0.2) is 0 Å². The van der Waals surface area contributed by atoms with Crippen LogP contribution in [-0.2, 0) is 0 Å². The Labute approximate surface area is 125 Å². The van der Waals surface area contributed by atoms with Gasteiger partial charge in [0.1, 0.15) is 5.69 Å². The Morgan fingerprint density at radius 2 is 2.52 bits per heavy atom. The van der Waals surface area contributed by atoms with E-state index in [1.54, 1.807) is 6.07 Å². The first kappa shape index (κ1) is 16.0. The summed E-state index contributed by atoms with van der Waals surface area (Å²) in [5.41, 5.74) is 0.472. The molecular weight excluding hydrogens is 268 g/mol. The van der Waals surface area contributed by atoms with E-state index in [1.165, 1.54) is 0 Å². The number of aliphatic hydroxyl groups excluding tert-OH is 1. The number of amides is 1. The molecule has 2 rings (SSSR count). The highest BCUT2D eigenvalue weighted by molar-refractivity contribution is 5.92. The molecule has 0 spiro atoms. The van der Waals surface area contributed by atoms with E-state index >= 15 is 0 Å². The lowest BCUT2D eigenvalue weighted by Gasteiger charge is -2.22. The number of carbonyl (C=O) groups is 1. The second-order valence-corrected chi connectivity index (χ2v) is 5.68. The van der Waals surface area contributed by atoms with E-state index in [-0.39, 0.29) is 12.5 Å². The third kappa shape index (κ3) is 4.54. The summed E-state index contributed by atoms with van der Waals surface area (Å²) >= 11 is 0. The monoisotopic (exact) mass is 294 g/mol. The molecule has 1 amide bonds. The molecule has 2 heterocycles. The van der Waals surface area contributed by atoms with Crippen LogP contribution in [0.5, 0.6) is 0 Å². The first-order valence-corrected chi connectivity index (χ1v) is 7.89. The van der Waals surface area contributed by atoms with Gasteiger partial charge < -0.3 is 15.7 Å². The maximum Gasteiger partial charge on any atom is 0.271 e. The van der Waals surface area contributed by atoms with E-state index in [0.717, 1.165) is 38.8 Å². The summed E-state index contributed by atoms with van der Waals surface area (Å²) < 4.78 is 1.89. The Hall–Kier alpha value is -1.40. The summed E-state index contributed by atoms with van der Waals surface area (Å²) in [7, 11) is 0. The van der Waals surface area contributed by atoms with Crippen LogP contribution in [0, 0.1) is 5.92 Å². The van der Waals surface area contributed by atoms with Crippen molar-refractivity contribution < 1.29 is 9.90 Å². The third-order valence-corrected chi connectivity index (χ3v) is 4.15. The third-order valence-electron chi connectivity index (χ3n) is 4.15. The normalized spacial score (nSPS) is 20.2. The molecule has 0 radical (unpaired) electrons. The van der Waals surface area contributed by atoms with Crippen molar-refractivity contribution in [3.8, 4) is 0 Å². The van der Waals surface area contributed by atoms with E-state index in [1.807, 2.05) is 10.9 Å². The summed E-state index contributed by atoms with van der Waals surface area (Å²) in [5, 5.41) is 19.6. The van der Waals surface area contributed by atoms with Gasteiger partial charge in [0, 0.05) is 25.9 Å². The summed E-state index contributed by atoms with van der Waals surface area (Å²) in [5.74, 6) is 0.192. The SMILES string of the molecule is CCC(CCO)CNC(=O)c1ccn(C2CCCNC2)n1. The van der Waals surface area contributed by atoms with Crippen LogP contribution in [0.15, 0.2) is 12.3 Å². The second-order valence-electron chi connectivity index (χ2n) is 5.68. The van der Waals surface area contributed by atoms with E-state index in [2.05, 4.69) is 22.7 Å². The number of hydrogen-bond acceptors (Lipinski definition) is 4. The fraction of sp³-hybridized carbons (Fsp3) is 0.733. The molecule has 2 atom stereocenters. The number of aliphatic hydroxyl groups is 1. The van der Waals surface area contributed by atoms with Crippen molar-refractivity contribution in [3.63, 3.8) is 0 Å². The molecule has 0 aromatic carbocycles. The number of rotatable bonds is 7. The lowest BCUT2D eigenvalue weighted by Crippen LogP contribution is -2.32. The Kier molecular flexibility index (Phi) is 6.20. The van der Waals surface area contributed by atoms with Gasteiger partial charge in [-0.1, -0.05) is 13.3 Å². The molecule has 0 aliphatic carbocycles. The van der Waals surface area contributed by atoms with Gasteiger partial charge in [0.2, 0.25) is 0 Å². The summed E-state index contributed by atoms with van der Waals surface area (Å²) in [4.78, 5) is 12.1. The highest BCUT2D eigenvalue weighted by Gasteiger charge is 2.18. The van der Waals surface area contributed by atoms with Crippen LogP contribution in [0.25, 0.3) is 0 Å². The lowest BCUT2D eigenvalue weighted by atomic mass is 10.0. The minimum Gasteiger partial charge on any atom is -0.396 e. The quantitative estimate of drug-likeness (QED) is 0.699. The molecule has 1 aromatic heterocycles. The van der Waals surface area contributed by atoms with Gasteiger partial charge in [0.25, 0.3) is 5.91 Å². The molecule has 6 nitrogen and oxygen atoms in total. The van der Waals surface area contributed by atoms with Gasteiger partial charge in [-0.2, -0.15) is 5.10 Å². The van der Waals surface area contributed by atoms with Gasteiger partial charge in [0.15, 0.2) is 0 Å². The van der Waals surface area contributed by atoms with Gasteiger partial charge >= 0.3 is 0 Å². The minimum atomic E-state index is -0.131. The minimum absolute atomic E-state index is 0.131. The molecule has 6 heteroatoms. The molecule has 1 saturated heterocycles. The van der Waals surface area contributed by atoms with Crippen molar-refractivity contribution in [2.45, 2.75) is 38.6 Å². The highest BCUT2D eigenvalue weighted by Crippen LogP contribution is 2.15. The molecule has 0 bridgehead atoms. The topological polar surface area (TPSA) is 79.2 Å². The van der Waals surface area contributed by atoms with Gasteiger partial charge in [0.05, 0.1) is 6.04 Å². The van der Waals surface area contributed by atoms with Crippen molar-refractivity contribution in [3.05, 3.63) is 18.0 Å². The molecule has 2 unspecified atom stereocenters. The first-order valence-electron chi connectivity index (χ1n) is 7.89. The van der Waals surface area contributed by atoms with Crippen LogP contribution < -0.4 is 10.6 Å². The fourth-order valence-corrected chi connectivity index (χ4v) is 2.68. The van der Waals surface area contributed by atoms with Crippen LogP contribution in [0.3, 0.4) is 0 Å². The average Bonchev–Trinajstić information content (AvgIpc) is 3.02. The summed E-state index contributed by atoms with van der Waals surface area (Å²) in [6, 6.07) is 2.12. The molecular formula is C15H26N4O2. The Morgan fingerprint density at radius 3 is 3.19 bits per heavy atom. The maximum absolute atomic E-state index is 12.1. The van der Waals surface area contributed by atoms with Crippen molar-refractivity contribution in [1.29, 1.82) is 0 Å². The lowest BCUT2D eigenvalue weighted by molar-refractivity contribution is 0.0937. The number of nitrogens with one attached hydrogen (secondary N) is 2. The van der Waals surface area contributed by atoms with E-state index in [4.69, 9.17) is 5.11 Å². The zero-order chi connectivity index (χ0) is 15.1. The first-order chi connectivity index (χ1) is 10.2. The van der Waals surface area contributed by atoms with Crippen LogP contribution in [-0.4, -0.2) is 47.0 Å². The Morgan fingerprint density at radius 1 is 1.67 bits per heavy atom. The molecule has 3 N–H and O–H groups in total. The molecule has 1 aromatic rings. The predicted molar refractivity (Wildman–Crippen MR) is 81.2 cm³/mol. The average molecular weight is 294 g/mol. The number of aromatic nitrogens is 2. The number of piperidine rings is 1. The summed E-state index contributed by atoms with van der Waals surface area (Å²) in [6.45, 7) is 4.80. The molecule has 1 aliphatic heterocycles. The maximum atomic E-state index is 12.1. The van der Waals surface area contributed by atoms with Crippen LogP contribution in [0.1, 0.15) is 49.1 Å². The zero-order valence-electron chi connectivity index (χ0n) is 12.7. The Bertz CT molecular complexity index is 441. The number of hydrogen-bond donors (Lipinski definition) is 3. The Balaban J connectivity index is 1.86. The number of nitrogens with zero attached hydrogens (tertiary/aromatic N) is 2. The van der Waals surface area contributed by atoms with E-state index < -0.39 is 0 Å². The molecule has 118 valence electrons. The standard InChI is InChI=1S/C15H26N4O2/c1-2-12(6-9-20)10-17-15(21)14-5-8-19(18-14)13-4-3-7-16-11-13/h5,8,12-13,16,20H,2-4,6-7,9-11H2,1H3,(H,17,21). The van der Waals surface area contributed by atoms with Crippen molar-refractivity contribution in [1.82, 2.24) is 20.4 Å². The second kappa shape index (κ2) is 8.14. The molecule has 0 saturated carbocycles. The van der Waals surface area contributed by atoms with Crippen LogP contribution in [0.2, 0.25) is 0 Å². The largest absolute Gasteiger partial charge is 0.396 e. The van der Waals surface area contributed by atoms with Gasteiger partial charge in [-0.05, 0) is 37.8 Å².